The Hall–Kier alpha value is -4.31. The third kappa shape index (κ3) is 3.54. The fourth-order valence-corrected chi connectivity index (χ4v) is 5.29. The maximum Gasteiger partial charge on any atom is 0.325 e. The van der Waals surface area contributed by atoms with Crippen molar-refractivity contribution in [2.24, 2.45) is 0 Å². The van der Waals surface area contributed by atoms with Crippen molar-refractivity contribution < 1.29 is 18.6 Å². The van der Waals surface area contributed by atoms with Crippen LogP contribution in [0.5, 0.6) is 11.5 Å². The van der Waals surface area contributed by atoms with Gasteiger partial charge in [-0.05, 0) is 36.1 Å². The van der Waals surface area contributed by atoms with Gasteiger partial charge in [0, 0.05) is 28.1 Å². The van der Waals surface area contributed by atoms with Gasteiger partial charge in [0.1, 0.15) is 11.5 Å². The van der Waals surface area contributed by atoms with Crippen molar-refractivity contribution in [1.82, 2.24) is 9.97 Å². The van der Waals surface area contributed by atoms with Crippen LogP contribution in [0.25, 0.3) is 28.0 Å². The second-order valence-electron chi connectivity index (χ2n) is 7.88. The molecule has 0 unspecified atom stereocenters. The number of nitrogens with one attached hydrogen (secondary N) is 3. The summed E-state index contributed by atoms with van der Waals surface area (Å²) in [6, 6.07) is 11.4. The highest BCUT2D eigenvalue weighted by atomic mass is 32.2. The van der Waals surface area contributed by atoms with E-state index in [2.05, 4.69) is 9.71 Å². The number of anilines is 1. The van der Waals surface area contributed by atoms with Gasteiger partial charge in [-0.1, -0.05) is 42.5 Å². The average molecular weight is 477 g/mol. The molecule has 0 bridgehead atoms. The van der Waals surface area contributed by atoms with Crippen LogP contribution in [0.3, 0.4) is 0 Å². The minimum absolute atomic E-state index is 0.0678. The number of phenolic OH excluding ortho intramolecular Hbond substituents is 2. The molecule has 0 aliphatic heterocycles. The van der Waals surface area contributed by atoms with Gasteiger partial charge in [0.05, 0.1) is 5.69 Å². The van der Waals surface area contributed by atoms with Crippen LogP contribution in [0.1, 0.15) is 17.5 Å². The monoisotopic (exact) mass is 477 g/mol. The molecule has 9 nitrogen and oxygen atoms in total. The van der Waals surface area contributed by atoms with Crippen LogP contribution in [0.4, 0.5) is 5.69 Å². The average Bonchev–Trinajstić information content (AvgIpc) is 2.81. The number of rotatable bonds is 4. The van der Waals surface area contributed by atoms with Gasteiger partial charge in [-0.25, -0.2) is 13.2 Å². The van der Waals surface area contributed by atoms with Gasteiger partial charge in [0.25, 0.3) is 15.6 Å². The number of benzene rings is 3. The lowest BCUT2D eigenvalue weighted by atomic mass is 9.88. The molecule has 172 valence electrons. The number of hydrogen-bond donors (Lipinski definition) is 5. The first-order chi connectivity index (χ1) is 16.3. The van der Waals surface area contributed by atoms with E-state index in [1.54, 1.807) is 30.3 Å². The molecule has 1 aliphatic rings. The summed E-state index contributed by atoms with van der Waals surface area (Å²) in [5.41, 5.74) is 0.517. The number of aromatic nitrogens is 2. The molecule has 0 spiro atoms. The summed E-state index contributed by atoms with van der Waals surface area (Å²) < 4.78 is 28.5. The molecule has 34 heavy (non-hydrogen) atoms. The molecule has 0 radical (unpaired) electrons. The van der Waals surface area contributed by atoms with Crippen LogP contribution in [0, 0.1) is 0 Å². The van der Waals surface area contributed by atoms with E-state index in [1.807, 2.05) is 23.2 Å². The predicted octanol–water partition coefficient (Wildman–Crippen LogP) is 3.05. The highest BCUT2D eigenvalue weighted by Crippen LogP contribution is 2.46. The molecule has 5 rings (SSSR count). The largest absolute Gasteiger partial charge is 0.507 e. The van der Waals surface area contributed by atoms with E-state index >= 15 is 0 Å². The molecular formula is C24H19N3O6S. The van der Waals surface area contributed by atoms with E-state index in [1.165, 1.54) is 6.07 Å². The Morgan fingerprint density at radius 1 is 1.00 bits per heavy atom. The number of H-pyrrole nitrogens is 2. The molecule has 0 fully saturated rings. The first-order valence-electron chi connectivity index (χ1n) is 10.4. The Labute approximate surface area is 193 Å². The summed E-state index contributed by atoms with van der Waals surface area (Å²) in [7, 11) is -4.41. The quantitative estimate of drug-likeness (QED) is 0.285. The lowest BCUT2D eigenvalue weighted by molar-refractivity contribution is 0.471. The molecule has 0 atom stereocenters. The van der Waals surface area contributed by atoms with Crippen LogP contribution >= 0.6 is 0 Å². The topological polar surface area (TPSA) is 152 Å². The molecule has 4 aromatic rings. The first kappa shape index (κ1) is 21.5. The summed E-state index contributed by atoms with van der Waals surface area (Å²) in [4.78, 5) is 26.8. The Morgan fingerprint density at radius 3 is 2.53 bits per heavy atom. The Kier molecular flexibility index (Phi) is 5.02. The lowest BCUT2D eigenvalue weighted by Gasteiger charge is -2.20. The molecule has 5 N–H and O–H groups in total. The van der Waals surface area contributed by atoms with E-state index in [0.29, 0.717) is 16.3 Å². The maximum absolute atomic E-state index is 13.0. The number of hydrogen-bond acceptors (Lipinski definition) is 6. The van der Waals surface area contributed by atoms with Crippen LogP contribution < -0.4 is 16.0 Å². The fraction of sp³-hybridized carbons (Fsp3) is 0.0833. The van der Waals surface area contributed by atoms with Crippen molar-refractivity contribution in [2.45, 2.75) is 17.7 Å². The SMILES string of the molecule is O=c1[nH]cc(S(=O)(=O)Nc2cc(-c3c(O)ccc4c3C=CCC4)c(O)c3ccccc23)c(=O)[nH]1. The van der Waals surface area contributed by atoms with Crippen molar-refractivity contribution in [1.29, 1.82) is 0 Å². The zero-order chi connectivity index (χ0) is 24.0. The highest BCUT2D eigenvalue weighted by Gasteiger charge is 2.24. The zero-order valence-corrected chi connectivity index (χ0v) is 18.4. The second-order valence-corrected chi connectivity index (χ2v) is 9.53. The Balaban J connectivity index is 1.76. The highest BCUT2D eigenvalue weighted by molar-refractivity contribution is 7.92. The fourth-order valence-electron chi connectivity index (χ4n) is 4.21. The molecule has 0 saturated carbocycles. The van der Waals surface area contributed by atoms with Crippen molar-refractivity contribution in [3.05, 3.63) is 86.7 Å². The van der Waals surface area contributed by atoms with Gasteiger partial charge in [-0.2, -0.15) is 0 Å². The summed E-state index contributed by atoms with van der Waals surface area (Å²) in [6.45, 7) is 0. The normalized spacial score (nSPS) is 13.1. The molecule has 3 aromatic carbocycles. The van der Waals surface area contributed by atoms with Gasteiger partial charge in [0.2, 0.25) is 0 Å². The van der Waals surface area contributed by atoms with Gasteiger partial charge in [0.15, 0.2) is 4.90 Å². The minimum Gasteiger partial charge on any atom is -0.507 e. The van der Waals surface area contributed by atoms with Crippen LogP contribution in [0.2, 0.25) is 0 Å². The maximum atomic E-state index is 13.0. The first-order valence-corrected chi connectivity index (χ1v) is 11.9. The van der Waals surface area contributed by atoms with Crippen LogP contribution in [0.15, 0.2) is 69.2 Å². The number of fused-ring (bicyclic) bond motifs is 2. The molecule has 0 amide bonds. The van der Waals surface area contributed by atoms with Crippen molar-refractivity contribution in [3.63, 3.8) is 0 Å². The van der Waals surface area contributed by atoms with Crippen molar-refractivity contribution in [2.75, 3.05) is 4.72 Å². The van der Waals surface area contributed by atoms with E-state index in [-0.39, 0.29) is 22.7 Å². The summed E-state index contributed by atoms with van der Waals surface area (Å²) >= 11 is 0. The summed E-state index contributed by atoms with van der Waals surface area (Å²) in [5.74, 6) is -0.190. The molecule has 0 saturated heterocycles. The van der Waals surface area contributed by atoms with Gasteiger partial charge in [-0.15, -0.1) is 0 Å². The number of sulfonamides is 1. The van der Waals surface area contributed by atoms with Crippen molar-refractivity contribution >= 4 is 32.6 Å². The number of aromatic amines is 2. The van der Waals surface area contributed by atoms with Crippen LogP contribution in [-0.2, 0) is 16.4 Å². The smallest absolute Gasteiger partial charge is 0.325 e. The molecule has 1 heterocycles. The van der Waals surface area contributed by atoms with E-state index < -0.39 is 26.2 Å². The van der Waals surface area contributed by atoms with Gasteiger partial charge < -0.3 is 15.2 Å². The van der Waals surface area contributed by atoms with Gasteiger partial charge in [-0.3, -0.25) is 14.5 Å². The van der Waals surface area contributed by atoms with E-state index in [9.17, 15) is 28.2 Å². The molecule has 1 aliphatic carbocycles. The molecule has 1 aromatic heterocycles. The van der Waals surface area contributed by atoms with E-state index in [4.69, 9.17) is 0 Å². The molecule has 10 heteroatoms. The number of aromatic hydroxyl groups is 2. The Morgan fingerprint density at radius 2 is 1.76 bits per heavy atom. The van der Waals surface area contributed by atoms with E-state index in [0.717, 1.165) is 30.2 Å². The third-order valence-corrected chi connectivity index (χ3v) is 7.15. The second kappa shape index (κ2) is 7.92. The zero-order valence-electron chi connectivity index (χ0n) is 17.6. The third-order valence-electron chi connectivity index (χ3n) is 5.78. The summed E-state index contributed by atoms with van der Waals surface area (Å²) in [5, 5.41) is 22.6. The van der Waals surface area contributed by atoms with Crippen molar-refractivity contribution in [3.8, 4) is 22.6 Å². The number of aryl methyl sites for hydroxylation is 1. The van der Waals surface area contributed by atoms with Gasteiger partial charge >= 0.3 is 5.69 Å². The minimum atomic E-state index is -4.41. The number of allylic oxidation sites excluding steroid dienone is 1. The standard InChI is InChI=1S/C24H19N3O6S/c28-19-10-9-13-5-1-2-6-14(13)21(19)17-11-18(15-7-3-4-8-16(15)22(17)29)27-34(32,33)20-12-25-24(31)26-23(20)30/h2-4,6-12,27-29H,1,5H2,(H2,25,26,30,31). The number of phenols is 2. The summed E-state index contributed by atoms with van der Waals surface area (Å²) in [6.07, 6.45) is 6.26. The Bertz CT molecular complexity index is 1720. The molecular weight excluding hydrogens is 458 g/mol. The predicted molar refractivity (Wildman–Crippen MR) is 129 cm³/mol. The lowest BCUT2D eigenvalue weighted by Crippen LogP contribution is -2.29. The van der Waals surface area contributed by atoms with Crippen LogP contribution in [-0.4, -0.2) is 28.6 Å².